The van der Waals surface area contributed by atoms with E-state index in [9.17, 15) is 0 Å². The van der Waals surface area contributed by atoms with Crippen LogP contribution in [-0.4, -0.2) is 27.8 Å². The van der Waals surface area contributed by atoms with Crippen molar-refractivity contribution in [3.63, 3.8) is 0 Å². The summed E-state index contributed by atoms with van der Waals surface area (Å²) in [5, 5.41) is 6.97. The molecule has 0 spiro atoms. The lowest BCUT2D eigenvalue weighted by Gasteiger charge is -2.17. The number of fused-ring (bicyclic) bond motifs is 1. The summed E-state index contributed by atoms with van der Waals surface area (Å²) in [6.07, 6.45) is 0. The fourth-order valence-corrected chi connectivity index (χ4v) is 2.80. The van der Waals surface area contributed by atoms with E-state index in [-0.39, 0.29) is 0 Å². The Labute approximate surface area is 130 Å². The molecule has 4 N–H and O–H groups in total. The summed E-state index contributed by atoms with van der Waals surface area (Å²) in [4.78, 5) is 4.68. The Morgan fingerprint density at radius 2 is 1.86 bits per heavy atom. The highest BCUT2D eigenvalue weighted by molar-refractivity contribution is 7.80. The first-order chi connectivity index (χ1) is 9.88. The molecule has 0 radical (unpaired) electrons. The van der Waals surface area contributed by atoms with Gasteiger partial charge in [0.2, 0.25) is 0 Å². The third-order valence-corrected chi connectivity index (χ3v) is 4.26. The molecule has 1 heterocycles. The number of nitrogens with zero attached hydrogens (tertiary/aromatic N) is 2. The zero-order valence-corrected chi connectivity index (χ0v) is 14.1. The molecule has 0 aliphatic rings. The van der Waals surface area contributed by atoms with E-state index in [1.54, 1.807) is 0 Å². The molecule has 1 aromatic heterocycles. The van der Waals surface area contributed by atoms with Crippen LogP contribution in [0.15, 0.2) is 0 Å². The molecular weight excluding hydrogens is 282 g/mol. The van der Waals surface area contributed by atoms with Crippen molar-refractivity contribution in [1.29, 1.82) is 0 Å². The largest absolute Gasteiger partial charge is 0.361 e. The van der Waals surface area contributed by atoms with Crippen LogP contribution in [-0.2, 0) is 7.05 Å². The Kier molecular flexibility index (Phi) is 4.49. The maximum Gasteiger partial charge on any atom is 0.170 e. The standard InChI is InChI=1S/C15H23N5S/c1-8-9(2)14-13(18-11(4)20(14)5)10(3)12(8)19-15(21)17-7-6-16/h6-7,16H2,1-5H3,(H2,17,19,21). The van der Waals surface area contributed by atoms with Gasteiger partial charge in [-0.1, -0.05) is 0 Å². The van der Waals surface area contributed by atoms with Crippen LogP contribution >= 0.6 is 12.2 Å². The van der Waals surface area contributed by atoms with Crippen molar-refractivity contribution < 1.29 is 0 Å². The normalized spacial score (nSPS) is 11.0. The van der Waals surface area contributed by atoms with E-state index in [4.69, 9.17) is 18.0 Å². The molecule has 0 unspecified atom stereocenters. The van der Waals surface area contributed by atoms with Gasteiger partial charge in [0.1, 0.15) is 5.82 Å². The third kappa shape index (κ3) is 2.73. The number of anilines is 1. The fourth-order valence-electron chi connectivity index (χ4n) is 2.60. The van der Waals surface area contributed by atoms with Crippen molar-refractivity contribution in [2.75, 3.05) is 18.4 Å². The molecule has 114 valence electrons. The monoisotopic (exact) mass is 305 g/mol. The smallest absolute Gasteiger partial charge is 0.170 e. The molecule has 5 nitrogen and oxygen atoms in total. The number of imidazole rings is 1. The van der Waals surface area contributed by atoms with Crippen molar-refractivity contribution in [1.82, 2.24) is 14.9 Å². The predicted octanol–water partition coefficient (Wildman–Crippen LogP) is 2.05. The second kappa shape index (κ2) is 5.99. The molecule has 1 aromatic carbocycles. The van der Waals surface area contributed by atoms with Crippen molar-refractivity contribution in [3.8, 4) is 0 Å². The number of hydrogen-bond donors (Lipinski definition) is 3. The van der Waals surface area contributed by atoms with Gasteiger partial charge in [0, 0.05) is 31.4 Å². The molecular formula is C15H23N5S. The molecule has 6 heteroatoms. The van der Waals surface area contributed by atoms with Gasteiger partial charge in [-0.15, -0.1) is 0 Å². The molecule has 0 saturated heterocycles. The lowest BCUT2D eigenvalue weighted by molar-refractivity contribution is 0.882. The zero-order chi connectivity index (χ0) is 15.7. The number of aromatic nitrogens is 2. The summed E-state index contributed by atoms with van der Waals surface area (Å²) in [7, 11) is 2.05. The van der Waals surface area contributed by atoms with Gasteiger partial charge in [0.15, 0.2) is 5.11 Å². The quantitative estimate of drug-likeness (QED) is 0.757. The van der Waals surface area contributed by atoms with Gasteiger partial charge in [-0.25, -0.2) is 4.98 Å². The summed E-state index contributed by atoms with van der Waals surface area (Å²) < 4.78 is 2.14. The van der Waals surface area contributed by atoms with E-state index in [2.05, 4.69) is 48.0 Å². The second-order valence-corrected chi connectivity index (χ2v) is 5.74. The average molecular weight is 305 g/mol. The molecule has 0 bridgehead atoms. The van der Waals surface area contributed by atoms with Crippen LogP contribution in [0, 0.1) is 27.7 Å². The SMILES string of the molecule is Cc1c(NC(=S)NCCN)c(C)c2nc(C)n(C)c2c1C. The number of aryl methyl sites for hydroxylation is 4. The second-order valence-electron chi connectivity index (χ2n) is 5.33. The van der Waals surface area contributed by atoms with E-state index in [0.717, 1.165) is 22.6 Å². The van der Waals surface area contributed by atoms with E-state index in [1.165, 1.54) is 16.6 Å². The molecule has 0 fully saturated rings. The minimum atomic E-state index is 0.553. The first-order valence-electron chi connectivity index (χ1n) is 7.06. The van der Waals surface area contributed by atoms with Crippen LogP contribution in [0.4, 0.5) is 5.69 Å². The number of hydrogen-bond acceptors (Lipinski definition) is 3. The minimum Gasteiger partial charge on any atom is -0.361 e. The molecule has 2 rings (SSSR count). The maximum absolute atomic E-state index is 5.49. The fraction of sp³-hybridized carbons (Fsp3) is 0.467. The van der Waals surface area contributed by atoms with Crippen molar-refractivity contribution in [3.05, 3.63) is 22.5 Å². The summed E-state index contributed by atoms with van der Waals surface area (Å²) in [6.45, 7) is 9.55. The van der Waals surface area contributed by atoms with Crippen LogP contribution in [0.5, 0.6) is 0 Å². The van der Waals surface area contributed by atoms with Gasteiger partial charge in [0.25, 0.3) is 0 Å². The predicted molar refractivity (Wildman–Crippen MR) is 92.9 cm³/mol. The Balaban J connectivity index is 2.52. The molecule has 2 aromatic rings. The summed E-state index contributed by atoms with van der Waals surface area (Å²) in [6, 6.07) is 0. The highest BCUT2D eigenvalue weighted by Crippen LogP contribution is 2.32. The number of thiocarbonyl (C=S) groups is 1. The Bertz CT molecular complexity index is 702. The average Bonchev–Trinajstić information content (AvgIpc) is 2.75. The van der Waals surface area contributed by atoms with Gasteiger partial charge in [-0.2, -0.15) is 0 Å². The topological polar surface area (TPSA) is 67.9 Å². The first-order valence-corrected chi connectivity index (χ1v) is 7.47. The minimum absolute atomic E-state index is 0.553. The van der Waals surface area contributed by atoms with Gasteiger partial charge < -0.3 is 20.9 Å². The van der Waals surface area contributed by atoms with Crippen LogP contribution < -0.4 is 16.4 Å². The highest BCUT2D eigenvalue weighted by Gasteiger charge is 2.17. The summed E-state index contributed by atoms with van der Waals surface area (Å²) >= 11 is 5.31. The van der Waals surface area contributed by atoms with E-state index < -0.39 is 0 Å². The molecule has 0 amide bonds. The molecule has 0 saturated carbocycles. The number of benzene rings is 1. The van der Waals surface area contributed by atoms with Gasteiger partial charge in [-0.05, 0) is 51.0 Å². The first kappa shape index (κ1) is 15.7. The van der Waals surface area contributed by atoms with Crippen molar-refractivity contribution in [2.24, 2.45) is 12.8 Å². The lowest BCUT2D eigenvalue weighted by atomic mass is 10.0. The van der Waals surface area contributed by atoms with Gasteiger partial charge >= 0.3 is 0 Å². The van der Waals surface area contributed by atoms with Crippen molar-refractivity contribution in [2.45, 2.75) is 27.7 Å². The molecule has 0 atom stereocenters. The Morgan fingerprint density at radius 3 is 2.48 bits per heavy atom. The zero-order valence-electron chi connectivity index (χ0n) is 13.3. The maximum atomic E-state index is 5.49. The highest BCUT2D eigenvalue weighted by atomic mass is 32.1. The van der Waals surface area contributed by atoms with E-state index in [1.807, 2.05) is 6.92 Å². The van der Waals surface area contributed by atoms with E-state index in [0.29, 0.717) is 18.2 Å². The third-order valence-electron chi connectivity index (χ3n) is 4.01. The number of nitrogens with two attached hydrogens (primary N) is 1. The summed E-state index contributed by atoms with van der Waals surface area (Å²) in [5.74, 6) is 1.01. The van der Waals surface area contributed by atoms with Crippen LogP contribution in [0.25, 0.3) is 11.0 Å². The lowest BCUT2D eigenvalue weighted by Crippen LogP contribution is -2.33. The van der Waals surface area contributed by atoms with Crippen LogP contribution in [0.2, 0.25) is 0 Å². The van der Waals surface area contributed by atoms with Crippen molar-refractivity contribution >= 4 is 34.1 Å². The van der Waals surface area contributed by atoms with E-state index >= 15 is 0 Å². The molecule has 0 aliphatic heterocycles. The molecule has 21 heavy (non-hydrogen) atoms. The van der Waals surface area contributed by atoms with Gasteiger partial charge in [0.05, 0.1) is 11.0 Å². The number of nitrogens with one attached hydrogen (secondary N) is 2. The Morgan fingerprint density at radius 1 is 1.19 bits per heavy atom. The summed E-state index contributed by atoms with van der Waals surface area (Å²) in [5.41, 5.74) is 12.3. The molecule has 0 aliphatic carbocycles. The van der Waals surface area contributed by atoms with Crippen LogP contribution in [0.1, 0.15) is 22.5 Å². The van der Waals surface area contributed by atoms with Gasteiger partial charge in [-0.3, -0.25) is 0 Å². The van der Waals surface area contributed by atoms with Crippen LogP contribution in [0.3, 0.4) is 0 Å². The number of rotatable bonds is 3. The Hall–Kier alpha value is -1.66.